The summed E-state index contributed by atoms with van der Waals surface area (Å²) in [5, 5.41) is 0.0896. The molecule has 0 aliphatic heterocycles. The maximum atomic E-state index is 12.2. The number of hydrogen-bond donors (Lipinski definition) is 1. The van der Waals surface area contributed by atoms with Gasteiger partial charge < -0.3 is 0 Å². The van der Waals surface area contributed by atoms with E-state index in [2.05, 4.69) is 20.7 Å². The molecule has 0 spiro atoms. The first-order valence-electron chi connectivity index (χ1n) is 6.30. The zero-order valence-electron chi connectivity index (χ0n) is 10.7. The number of alkyl halides is 1. The molecule has 0 amide bonds. The summed E-state index contributed by atoms with van der Waals surface area (Å²) in [6.45, 7) is 2.25. The topological polar surface area (TPSA) is 46.2 Å². The van der Waals surface area contributed by atoms with Gasteiger partial charge in [0.1, 0.15) is 0 Å². The van der Waals surface area contributed by atoms with E-state index in [4.69, 9.17) is 11.6 Å². The summed E-state index contributed by atoms with van der Waals surface area (Å²) in [4.78, 5) is 1.16. The zero-order valence-corrected chi connectivity index (χ0v) is 14.6. The van der Waals surface area contributed by atoms with Crippen molar-refractivity contribution in [2.45, 2.75) is 42.9 Å². The Morgan fingerprint density at radius 3 is 2.74 bits per heavy atom. The fourth-order valence-electron chi connectivity index (χ4n) is 2.38. The number of rotatable bonds is 4. The van der Waals surface area contributed by atoms with Crippen LogP contribution >= 0.6 is 38.9 Å². The quantitative estimate of drug-likeness (QED) is 0.798. The third-order valence-corrected chi connectivity index (χ3v) is 7.29. The molecule has 2 unspecified atom stereocenters. The van der Waals surface area contributed by atoms with Gasteiger partial charge in [-0.3, -0.25) is 0 Å². The summed E-state index contributed by atoms with van der Waals surface area (Å²) in [5.74, 6) is 0.243. The molecule has 0 aromatic carbocycles. The normalized spacial score (nSPS) is 24.6. The van der Waals surface area contributed by atoms with Crippen LogP contribution in [0.25, 0.3) is 0 Å². The van der Waals surface area contributed by atoms with E-state index in [1.165, 1.54) is 11.3 Å². The monoisotopic (exact) mass is 385 g/mol. The predicted molar refractivity (Wildman–Crippen MR) is 83.5 cm³/mol. The van der Waals surface area contributed by atoms with Gasteiger partial charge in [-0.2, -0.15) is 0 Å². The molecule has 108 valence electrons. The molecular weight excluding hydrogens is 370 g/mol. The van der Waals surface area contributed by atoms with Crippen molar-refractivity contribution in [3.63, 3.8) is 0 Å². The maximum absolute atomic E-state index is 12.2. The number of sulfonamides is 1. The van der Waals surface area contributed by atoms with E-state index in [1.807, 2.05) is 6.92 Å². The van der Waals surface area contributed by atoms with Gasteiger partial charge in [0.05, 0.1) is 8.68 Å². The lowest BCUT2D eigenvalue weighted by molar-refractivity contribution is 0.364. The van der Waals surface area contributed by atoms with E-state index in [9.17, 15) is 8.42 Å². The van der Waals surface area contributed by atoms with Gasteiger partial charge in [-0.25, -0.2) is 13.1 Å². The minimum atomic E-state index is -3.42. The average molecular weight is 387 g/mol. The molecule has 1 saturated carbocycles. The highest BCUT2D eigenvalue weighted by molar-refractivity contribution is 9.11. The van der Waals surface area contributed by atoms with E-state index in [0.29, 0.717) is 11.4 Å². The van der Waals surface area contributed by atoms with Crippen LogP contribution in [0.3, 0.4) is 0 Å². The van der Waals surface area contributed by atoms with Crippen LogP contribution in [0.15, 0.2) is 14.7 Å². The van der Waals surface area contributed by atoms with Crippen molar-refractivity contribution < 1.29 is 8.42 Å². The standard InChI is InChI=1S/C12H17BrClNO2S2/c1-8-11(6-12(13)18-8)19(16,17)15-7-9-4-2-3-5-10(9)14/h6,9-10,15H,2-5,7H2,1H3. The Labute approximate surface area is 131 Å². The molecular formula is C12H17BrClNO2S2. The molecule has 0 radical (unpaired) electrons. The summed E-state index contributed by atoms with van der Waals surface area (Å²) < 4.78 is 28.0. The fraction of sp³-hybridized carbons (Fsp3) is 0.667. The van der Waals surface area contributed by atoms with E-state index in [1.54, 1.807) is 6.07 Å². The molecule has 0 saturated heterocycles. The Morgan fingerprint density at radius 2 is 2.16 bits per heavy atom. The van der Waals surface area contributed by atoms with Gasteiger partial charge in [0.25, 0.3) is 0 Å². The van der Waals surface area contributed by atoms with Crippen LogP contribution < -0.4 is 4.72 Å². The maximum Gasteiger partial charge on any atom is 0.241 e. The Balaban J connectivity index is 2.03. The summed E-state index contributed by atoms with van der Waals surface area (Å²) >= 11 is 11.0. The predicted octanol–water partition coefficient (Wildman–Crippen LogP) is 3.89. The first-order valence-corrected chi connectivity index (χ1v) is 9.83. The molecule has 3 nitrogen and oxygen atoms in total. The third kappa shape index (κ3) is 3.94. The minimum Gasteiger partial charge on any atom is -0.211 e. The molecule has 2 rings (SSSR count). The first kappa shape index (κ1) is 15.8. The van der Waals surface area contributed by atoms with Crippen LogP contribution in [-0.2, 0) is 10.0 Å². The number of aryl methyl sites for hydroxylation is 1. The highest BCUT2D eigenvalue weighted by Gasteiger charge is 2.26. The first-order chi connectivity index (χ1) is 8.90. The van der Waals surface area contributed by atoms with Crippen molar-refractivity contribution in [3.8, 4) is 0 Å². The lowest BCUT2D eigenvalue weighted by Crippen LogP contribution is -2.34. The molecule has 1 aliphatic carbocycles. The summed E-state index contributed by atoms with van der Waals surface area (Å²) in [6.07, 6.45) is 4.27. The van der Waals surface area contributed by atoms with Gasteiger partial charge >= 0.3 is 0 Å². The summed E-state index contributed by atoms with van der Waals surface area (Å²) in [7, 11) is -3.42. The molecule has 1 aliphatic rings. The van der Waals surface area contributed by atoms with Crippen LogP contribution in [0.5, 0.6) is 0 Å². The lowest BCUT2D eigenvalue weighted by Gasteiger charge is -2.26. The Bertz CT molecular complexity index is 544. The minimum absolute atomic E-state index is 0.0896. The fourth-order valence-corrected chi connectivity index (χ4v) is 6.26. The number of halogens is 2. The van der Waals surface area contributed by atoms with Gasteiger partial charge in [-0.15, -0.1) is 22.9 Å². The van der Waals surface area contributed by atoms with E-state index < -0.39 is 10.0 Å². The zero-order chi connectivity index (χ0) is 14.0. The molecule has 2 atom stereocenters. The average Bonchev–Trinajstić information content (AvgIpc) is 2.68. The molecule has 1 heterocycles. The van der Waals surface area contributed by atoms with Gasteiger partial charge in [0, 0.05) is 16.8 Å². The highest BCUT2D eigenvalue weighted by atomic mass is 79.9. The summed E-state index contributed by atoms with van der Waals surface area (Å²) in [6, 6.07) is 1.65. The molecule has 1 N–H and O–H groups in total. The molecule has 7 heteroatoms. The lowest BCUT2D eigenvalue weighted by atomic mass is 9.89. The van der Waals surface area contributed by atoms with Crippen molar-refractivity contribution in [1.82, 2.24) is 4.72 Å². The van der Waals surface area contributed by atoms with Crippen LogP contribution in [0.2, 0.25) is 0 Å². The Kier molecular flexibility index (Phi) is 5.34. The largest absolute Gasteiger partial charge is 0.241 e. The number of thiophene rings is 1. The van der Waals surface area contributed by atoms with Gasteiger partial charge in [0.15, 0.2) is 0 Å². The van der Waals surface area contributed by atoms with Crippen LogP contribution in [-0.4, -0.2) is 20.3 Å². The van der Waals surface area contributed by atoms with E-state index in [-0.39, 0.29) is 11.3 Å². The second kappa shape index (κ2) is 6.43. The van der Waals surface area contributed by atoms with E-state index in [0.717, 1.165) is 34.3 Å². The van der Waals surface area contributed by atoms with Crippen molar-refractivity contribution in [1.29, 1.82) is 0 Å². The smallest absolute Gasteiger partial charge is 0.211 e. The Morgan fingerprint density at radius 1 is 1.47 bits per heavy atom. The van der Waals surface area contributed by atoms with Crippen molar-refractivity contribution in [2.75, 3.05) is 6.54 Å². The number of hydrogen-bond acceptors (Lipinski definition) is 3. The molecule has 1 aromatic heterocycles. The van der Waals surface area contributed by atoms with E-state index >= 15 is 0 Å². The van der Waals surface area contributed by atoms with Gasteiger partial charge in [-0.05, 0) is 47.7 Å². The number of nitrogens with one attached hydrogen (secondary N) is 1. The third-order valence-electron chi connectivity index (χ3n) is 3.48. The van der Waals surface area contributed by atoms with Gasteiger partial charge in [-0.1, -0.05) is 12.8 Å². The van der Waals surface area contributed by atoms with Crippen LogP contribution in [0.4, 0.5) is 0 Å². The second-order valence-electron chi connectivity index (χ2n) is 4.88. The van der Waals surface area contributed by atoms with Crippen LogP contribution in [0.1, 0.15) is 30.6 Å². The SMILES string of the molecule is Cc1sc(Br)cc1S(=O)(=O)NCC1CCCCC1Cl. The summed E-state index contributed by atoms with van der Waals surface area (Å²) in [5.41, 5.74) is 0. The van der Waals surface area contributed by atoms with Gasteiger partial charge in [0.2, 0.25) is 10.0 Å². The Hall–Kier alpha value is 0.380. The second-order valence-corrected chi connectivity index (χ2v) is 9.81. The molecule has 1 fully saturated rings. The molecule has 0 bridgehead atoms. The van der Waals surface area contributed by atoms with Crippen molar-refractivity contribution in [3.05, 3.63) is 14.7 Å². The van der Waals surface area contributed by atoms with Crippen LogP contribution in [0, 0.1) is 12.8 Å². The van der Waals surface area contributed by atoms with Crippen molar-refractivity contribution in [2.24, 2.45) is 5.92 Å². The van der Waals surface area contributed by atoms with Crippen molar-refractivity contribution >= 4 is 48.9 Å². The molecule has 19 heavy (non-hydrogen) atoms. The molecule has 1 aromatic rings. The highest BCUT2D eigenvalue weighted by Crippen LogP contribution is 2.31.